The molecule has 0 N–H and O–H groups in total. The molecule has 0 aromatic rings. The molecule has 0 aromatic carbocycles. The van der Waals surface area contributed by atoms with Crippen molar-refractivity contribution in [3.63, 3.8) is 0 Å². The summed E-state index contributed by atoms with van der Waals surface area (Å²) in [7, 11) is 0. The summed E-state index contributed by atoms with van der Waals surface area (Å²) in [4.78, 5) is 24.0. The van der Waals surface area contributed by atoms with E-state index < -0.39 is 0 Å². The van der Waals surface area contributed by atoms with Crippen LogP contribution in [-0.4, -0.2) is 25.2 Å². The van der Waals surface area contributed by atoms with Crippen molar-refractivity contribution in [3.05, 3.63) is 12.2 Å². The normalized spacial score (nSPS) is 21.2. The maximum Gasteiger partial charge on any atom is 0.305 e. The third kappa shape index (κ3) is 18.7. The standard InChI is InChI=1S/C50H92O4/c1-6-8-10-12-28-34-42-53-46(51)36-30-24-20-16-14-18-22-26-32-39-49(5)41-38-45-44-50(49,48(45,3)4)40-33-27-23-19-15-17-21-25-31-37-47(52)54-43-35-29-13-11-9-7-2/h38,41,45H,6-37,39-40,42-44H2,1-5H3. The van der Waals surface area contributed by atoms with Gasteiger partial charge in [0, 0.05) is 12.8 Å². The summed E-state index contributed by atoms with van der Waals surface area (Å²) in [6, 6.07) is 0. The highest BCUT2D eigenvalue weighted by atomic mass is 16.5. The monoisotopic (exact) mass is 757 g/mol. The van der Waals surface area contributed by atoms with E-state index in [-0.39, 0.29) is 11.9 Å². The smallest absolute Gasteiger partial charge is 0.305 e. The summed E-state index contributed by atoms with van der Waals surface area (Å²) < 4.78 is 10.9. The summed E-state index contributed by atoms with van der Waals surface area (Å²) in [5.74, 6) is 0.804. The second-order valence-corrected chi connectivity index (χ2v) is 18.7. The van der Waals surface area contributed by atoms with Crippen LogP contribution in [0.1, 0.15) is 259 Å². The van der Waals surface area contributed by atoms with E-state index in [1.165, 1.54) is 173 Å². The van der Waals surface area contributed by atoms with Gasteiger partial charge in [-0.1, -0.05) is 214 Å². The zero-order valence-corrected chi connectivity index (χ0v) is 37.0. The van der Waals surface area contributed by atoms with Crippen LogP contribution in [0.5, 0.6) is 0 Å². The number of carbonyl (C=O) groups excluding carboxylic acids is 2. The molecule has 0 aliphatic heterocycles. The van der Waals surface area contributed by atoms with Gasteiger partial charge in [-0.05, 0) is 67.1 Å². The highest BCUT2D eigenvalue weighted by Gasteiger charge is 2.66. The Labute approximate surface area is 336 Å². The summed E-state index contributed by atoms with van der Waals surface area (Å²) in [6.07, 6.45) is 48.5. The van der Waals surface area contributed by atoms with E-state index in [1.807, 2.05) is 0 Å². The fourth-order valence-corrected chi connectivity index (χ4v) is 10.1. The van der Waals surface area contributed by atoms with Gasteiger partial charge in [-0.15, -0.1) is 0 Å². The molecule has 54 heavy (non-hydrogen) atoms. The number of ether oxygens (including phenoxy) is 2. The van der Waals surface area contributed by atoms with Crippen LogP contribution in [0.4, 0.5) is 0 Å². The molecule has 3 aliphatic carbocycles. The Morgan fingerprint density at radius 2 is 0.833 bits per heavy atom. The first-order valence-electron chi connectivity index (χ1n) is 24.2. The van der Waals surface area contributed by atoms with Crippen molar-refractivity contribution >= 4 is 11.9 Å². The van der Waals surface area contributed by atoms with Crippen LogP contribution >= 0.6 is 0 Å². The number of fused-ring (bicyclic) bond motifs is 1. The first kappa shape index (κ1) is 48.8. The molecule has 3 unspecified atom stereocenters. The van der Waals surface area contributed by atoms with Gasteiger partial charge in [0.25, 0.3) is 0 Å². The maximum absolute atomic E-state index is 12.0. The molecule has 316 valence electrons. The second kappa shape index (κ2) is 29.9. The fraction of sp³-hybridized carbons (Fsp3) is 0.920. The topological polar surface area (TPSA) is 52.6 Å². The van der Waals surface area contributed by atoms with Crippen molar-refractivity contribution in [1.82, 2.24) is 0 Å². The summed E-state index contributed by atoms with van der Waals surface area (Å²) in [5.41, 5.74) is 1.26. The molecule has 0 radical (unpaired) electrons. The predicted octanol–water partition coefficient (Wildman–Crippen LogP) is 16.0. The lowest BCUT2D eigenvalue weighted by atomic mass is 9.33. The van der Waals surface area contributed by atoms with Crippen molar-refractivity contribution < 1.29 is 19.1 Å². The lowest BCUT2D eigenvalue weighted by molar-refractivity contribution is -0.186. The lowest BCUT2D eigenvalue weighted by Crippen LogP contribution is -2.64. The zero-order valence-electron chi connectivity index (χ0n) is 37.0. The molecule has 1 fully saturated rings. The van der Waals surface area contributed by atoms with Gasteiger partial charge in [-0.25, -0.2) is 0 Å². The van der Waals surface area contributed by atoms with Crippen LogP contribution in [0.25, 0.3) is 0 Å². The van der Waals surface area contributed by atoms with Gasteiger partial charge in [0.15, 0.2) is 0 Å². The lowest BCUT2D eigenvalue weighted by Gasteiger charge is -2.71. The Kier molecular flexibility index (Phi) is 27.0. The Balaban J connectivity index is 1.46. The minimum absolute atomic E-state index is 0.0112. The molecule has 3 aliphatic rings. The second-order valence-electron chi connectivity index (χ2n) is 18.7. The third-order valence-electron chi connectivity index (χ3n) is 14.1. The summed E-state index contributed by atoms with van der Waals surface area (Å²) in [6.45, 7) is 13.5. The van der Waals surface area contributed by atoms with Crippen molar-refractivity contribution in [1.29, 1.82) is 0 Å². The number of esters is 2. The van der Waals surface area contributed by atoms with E-state index in [0.29, 0.717) is 42.3 Å². The molecule has 0 saturated heterocycles. The van der Waals surface area contributed by atoms with Crippen LogP contribution in [0.3, 0.4) is 0 Å². The molecule has 4 heteroatoms. The minimum Gasteiger partial charge on any atom is -0.466 e. The molecule has 4 nitrogen and oxygen atoms in total. The van der Waals surface area contributed by atoms with Crippen LogP contribution in [0.15, 0.2) is 12.2 Å². The van der Waals surface area contributed by atoms with Gasteiger partial charge < -0.3 is 9.47 Å². The maximum atomic E-state index is 12.0. The van der Waals surface area contributed by atoms with Gasteiger partial charge in [0.1, 0.15) is 0 Å². The third-order valence-corrected chi connectivity index (χ3v) is 14.1. The van der Waals surface area contributed by atoms with Crippen LogP contribution in [0, 0.1) is 22.2 Å². The van der Waals surface area contributed by atoms with Gasteiger partial charge >= 0.3 is 11.9 Å². The Hall–Kier alpha value is -1.32. The van der Waals surface area contributed by atoms with E-state index >= 15 is 0 Å². The Bertz CT molecular complexity index is 970. The molecule has 0 amide bonds. The average Bonchev–Trinajstić information content (AvgIpc) is 3.15. The van der Waals surface area contributed by atoms with Crippen molar-refractivity contribution in [2.45, 2.75) is 259 Å². The van der Waals surface area contributed by atoms with Crippen molar-refractivity contribution in [2.24, 2.45) is 22.2 Å². The first-order valence-corrected chi connectivity index (χ1v) is 24.2. The number of hydrogen-bond donors (Lipinski definition) is 0. The SMILES string of the molecule is CCCCCCCCOC(=O)CCCCCCCCCCCC1(C)C=CC2CC1(CCCCCCCCCCCC(=O)OCCCCCCCC)C2(C)C. The quantitative estimate of drug-likeness (QED) is 0.0358. The molecule has 3 rings (SSSR count). The molecule has 0 aromatic heterocycles. The van der Waals surface area contributed by atoms with E-state index in [2.05, 4.69) is 46.8 Å². The average molecular weight is 757 g/mol. The van der Waals surface area contributed by atoms with E-state index in [4.69, 9.17) is 9.47 Å². The Morgan fingerprint density at radius 3 is 1.24 bits per heavy atom. The summed E-state index contributed by atoms with van der Waals surface area (Å²) >= 11 is 0. The van der Waals surface area contributed by atoms with Crippen LogP contribution < -0.4 is 0 Å². The molecule has 2 bridgehead atoms. The fourth-order valence-electron chi connectivity index (χ4n) is 10.1. The molecule has 3 atom stereocenters. The molecule has 0 spiro atoms. The predicted molar refractivity (Wildman–Crippen MR) is 232 cm³/mol. The summed E-state index contributed by atoms with van der Waals surface area (Å²) in [5, 5.41) is 0. The Morgan fingerprint density at radius 1 is 0.481 bits per heavy atom. The number of hydrogen-bond acceptors (Lipinski definition) is 4. The number of carbonyl (C=O) groups is 2. The highest BCUT2D eigenvalue weighted by molar-refractivity contribution is 5.69. The van der Waals surface area contributed by atoms with Crippen LogP contribution in [0.2, 0.25) is 0 Å². The molecule has 1 saturated carbocycles. The first-order chi connectivity index (χ1) is 26.2. The van der Waals surface area contributed by atoms with E-state index in [0.717, 1.165) is 44.4 Å². The highest BCUT2D eigenvalue weighted by Crippen LogP contribution is 2.74. The van der Waals surface area contributed by atoms with Crippen molar-refractivity contribution in [2.75, 3.05) is 13.2 Å². The van der Waals surface area contributed by atoms with Gasteiger partial charge in [-0.3, -0.25) is 9.59 Å². The molecular weight excluding hydrogens is 665 g/mol. The van der Waals surface area contributed by atoms with E-state index in [9.17, 15) is 9.59 Å². The van der Waals surface area contributed by atoms with E-state index in [1.54, 1.807) is 0 Å². The molecule has 0 heterocycles. The van der Waals surface area contributed by atoms with Gasteiger partial charge in [-0.2, -0.15) is 0 Å². The number of allylic oxidation sites excluding steroid dienone is 2. The molecular formula is C50H92O4. The van der Waals surface area contributed by atoms with Crippen LogP contribution in [-0.2, 0) is 19.1 Å². The van der Waals surface area contributed by atoms with Gasteiger partial charge in [0.2, 0.25) is 0 Å². The number of rotatable bonds is 38. The minimum atomic E-state index is 0.0112. The van der Waals surface area contributed by atoms with Crippen molar-refractivity contribution in [3.8, 4) is 0 Å². The van der Waals surface area contributed by atoms with Gasteiger partial charge in [0.05, 0.1) is 13.2 Å². The largest absolute Gasteiger partial charge is 0.466 e. The number of unbranched alkanes of at least 4 members (excludes halogenated alkanes) is 26. The zero-order chi connectivity index (χ0) is 39.2.